The van der Waals surface area contributed by atoms with Crippen molar-refractivity contribution >= 4 is 28.9 Å². The molecule has 2 aliphatic heterocycles. The lowest BCUT2D eigenvalue weighted by atomic mass is 10.1. The van der Waals surface area contributed by atoms with Gasteiger partial charge in [-0.05, 0) is 62.6 Å². The minimum absolute atomic E-state index is 0.0106. The van der Waals surface area contributed by atoms with Crippen molar-refractivity contribution in [2.45, 2.75) is 33.1 Å². The van der Waals surface area contributed by atoms with Crippen LogP contribution >= 0.6 is 0 Å². The molecule has 1 atom stereocenters. The zero-order valence-corrected chi connectivity index (χ0v) is 16.6. The highest BCUT2D eigenvalue weighted by molar-refractivity contribution is 6.03. The van der Waals surface area contributed by atoms with Crippen molar-refractivity contribution in [3.05, 3.63) is 53.6 Å². The van der Waals surface area contributed by atoms with Gasteiger partial charge in [0.1, 0.15) is 0 Å². The maximum absolute atomic E-state index is 12.7. The van der Waals surface area contributed by atoms with E-state index in [0.29, 0.717) is 6.54 Å². The SMILES string of the molecule is Cc1ccc(N2CC(C(=O)Nc3ccc(N4CCCC4)cc3)CC2=O)c(C)c1. The Hall–Kier alpha value is -2.82. The van der Waals surface area contributed by atoms with E-state index in [1.807, 2.05) is 38.1 Å². The van der Waals surface area contributed by atoms with Crippen LogP contribution in [-0.2, 0) is 9.59 Å². The highest BCUT2D eigenvalue weighted by Gasteiger charge is 2.35. The molecule has 5 heteroatoms. The van der Waals surface area contributed by atoms with Gasteiger partial charge in [0.2, 0.25) is 11.8 Å². The molecule has 2 aromatic carbocycles. The Morgan fingerprint density at radius 1 is 1.04 bits per heavy atom. The zero-order chi connectivity index (χ0) is 19.7. The van der Waals surface area contributed by atoms with Crippen molar-refractivity contribution in [3.63, 3.8) is 0 Å². The number of anilines is 3. The van der Waals surface area contributed by atoms with E-state index in [1.165, 1.54) is 24.1 Å². The number of nitrogens with zero attached hydrogens (tertiary/aromatic N) is 2. The monoisotopic (exact) mass is 377 g/mol. The van der Waals surface area contributed by atoms with Gasteiger partial charge in [0.15, 0.2) is 0 Å². The molecule has 1 unspecified atom stereocenters. The molecule has 0 saturated carbocycles. The van der Waals surface area contributed by atoms with Crippen LogP contribution in [0.25, 0.3) is 0 Å². The molecule has 0 spiro atoms. The van der Waals surface area contributed by atoms with Crippen molar-refractivity contribution in [3.8, 4) is 0 Å². The highest BCUT2D eigenvalue weighted by atomic mass is 16.2. The topological polar surface area (TPSA) is 52.7 Å². The van der Waals surface area contributed by atoms with E-state index in [2.05, 4.69) is 28.4 Å². The van der Waals surface area contributed by atoms with E-state index >= 15 is 0 Å². The Kier molecular flexibility index (Phi) is 5.07. The number of aryl methyl sites for hydroxylation is 2. The molecular formula is C23H27N3O2. The Balaban J connectivity index is 1.40. The molecule has 2 amide bonds. The molecule has 4 rings (SSSR count). The van der Waals surface area contributed by atoms with E-state index in [9.17, 15) is 9.59 Å². The van der Waals surface area contributed by atoms with Crippen LogP contribution in [0.2, 0.25) is 0 Å². The van der Waals surface area contributed by atoms with Gasteiger partial charge in [-0.3, -0.25) is 9.59 Å². The molecule has 0 aromatic heterocycles. The number of rotatable bonds is 4. The van der Waals surface area contributed by atoms with Gasteiger partial charge in [0.05, 0.1) is 5.92 Å². The minimum Gasteiger partial charge on any atom is -0.372 e. The van der Waals surface area contributed by atoms with Gasteiger partial charge in [-0.25, -0.2) is 0 Å². The molecule has 146 valence electrons. The first-order valence-electron chi connectivity index (χ1n) is 10.0. The van der Waals surface area contributed by atoms with Gasteiger partial charge in [-0.15, -0.1) is 0 Å². The summed E-state index contributed by atoms with van der Waals surface area (Å²) in [6, 6.07) is 14.1. The quantitative estimate of drug-likeness (QED) is 0.879. The Labute approximate surface area is 166 Å². The van der Waals surface area contributed by atoms with Gasteiger partial charge < -0.3 is 15.1 Å². The van der Waals surface area contributed by atoms with Crippen LogP contribution in [0.4, 0.5) is 17.1 Å². The van der Waals surface area contributed by atoms with Crippen LogP contribution in [-0.4, -0.2) is 31.4 Å². The standard InChI is InChI=1S/C23H27N3O2/c1-16-5-10-21(17(2)13-16)26-15-18(14-22(26)27)23(28)24-19-6-8-20(9-7-19)25-11-3-4-12-25/h5-10,13,18H,3-4,11-12,14-15H2,1-2H3,(H,24,28). The number of benzene rings is 2. The van der Waals surface area contributed by atoms with E-state index in [4.69, 9.17) is 0 Å². The molecule has 28 heavy (non-hydrogen) atoms. The van der Waals surface area contributed by atoms with Crippen molar-refractivity contribution in [1.29, 1.82) is 0 Å². The lowest BCUT2D eigenvalue weighted by molar-refractivity contribution is -0.122. The van der Waals surface area contributed by atoms with Gasteiger partial charge in [0, 0.05) is 43.1 Å². The van der Waals surface area contributed by atoms with Crippen LogP contribution in [0.15, 0.2) is 42.5 Å². The van der Waals surface area contributed by atoms with Crippen molar-refractivity contribution in [1.82, 2.24) is 0 Å². The fraction of sp³-hybridized carbons (Fsp3) is 0.391. The molecule has 2 aliphatic rings. The number of carbonyl (C=O) groups is 2. The van der Waals surface area contributed by atoms with Crippen molar-refractivity contribution in [2.24, 2.45) is 5.92 Å². The first kappa shape index (κ1) is 18.5. The smallest absolute Gasteiger partial charge is 0.229 e. The molecule has 0 aliphatic carbocycles. The Morgan fingerprint density at radius 3 is 2.43 bits per heavy atom. The van der Waals surface area contributed by atoms with Crippen LogP contribution in [0.1, 0.15) is 30.4 Å². The predicted molar refractivity (Wildman–Crippen MR) is 113 cm³/mol. The second kappa shape index (κ2) is 7.66. The third-order valence-electron chi connectivity index (χ3n) is 5.74. The van der Waals surface area contributed by atoms with Crippen molar-refractivity contribution in [2.75, 3.05) is 34.8 Å². The second-order valence-corrected chi connectivity index (χ2v) is 7.93. The third-order valence-corrected chi connectivity index (χ3v) is 5.74. The summed E-state index contributed by atoms with van der Waals surface area (Å²) in [5.41, 5.74) is 5.12. The van der Waals surface area contributed by atoms with Gasteiger partial charge in [-0.1, -0.05) is 17.7 Å². The van der Waals surface area contributed by atoms with Crippen LogP contribution < -0.4 is 15.1 Å². The molecule has 0 radical (unpaired) electrons. The normalized spacial score (nSPS) is 19.4. The predicted octanol–water partition coefficient (Wildman–Crippen LogP) is 3.90. The fourth-order valence-corrected chi connectivity index (χ4v) is 4.20. The molecule has 5 nitrogen and oxygen atoms in total. The maximum Gasteiger partial charge on any atom is 0.229 e. The summed E-state index contributed by atoms with van der Waals surface area (Å²) in [5, 5.41) is 2.98. The summed E-state index contributed by atoms with van der Waals surface area (Å²) >= 11 is 0. The molecular weight excluding hydrogens is 350 g/mol. The molecule has 2 aromatic rings. The lowest BCUT2D eigenvalue weighted by Crippen LogP contribution is -2.28. The van der Waals surface area contributed by atoms with Gasteiger partial charge in [-0.2, -0.15) is 0 Å². The number of carbonyl (C=O) groups excluding carboxylic acids is 2. The van der Waals surface area contributed by atoms with Crippen LogP contribution in [0, 0.1) is 19.8 Å². The van der Waals surface area contributed by atoms with Crippen LogP contribution in [0.5, 0.6) is 0 Å². The summed E-state index contributed by atoms with van der Waals surface area (Å²) in [6.07, 6.45) is 2.74. The first-order chi connectivity index (χ1) is 13.5. The zero-order valence-electron chi connectivity index (χ0n) is 16.6. The summed E-state index contributed by atoms with van der Waals surface area (Å²) < 4.78 is 0. The molecule has 1 N–H and O–H groups in total. The van der Waals surface area contributed by atoms with Gasteiger partial charge >= 0.3 is 0 Å². The minimum atomic E-state index is -0.327. The Morgan fingerprint density at radius 2 is 1.75 bits per heavy atom. The van der Waals surface area contributed by atoms with E-state index in [-0.39, 0.29) is 24.2 Å². The summed E-state index contributed by atoms with van der Waals surface area (Å²) in [7, 11) is 0. The molecule has 2 fully saturated rings. The number of amides is 2. The maximum atomic E-state index is 12.7. The highest BCUT2D eigenvalue weighted by Crippen LogP contribution is 2.29. The summed E-state index contributed by atoms with van der Waals surface area (Å²) in [6.45, 7) is 6.67. The number of nitrogens with one attached hydrogen (secondary N) is 1. The summed E-state index contributed by atoms with van der Waals surface area (Å²) in [4.78, 5) is 29.3. The first-order valence-corrected chi connectivity index (χ1v) is 10.0. The molecule has 2 heterocycles. The largest absolute Gasteiger partial charge is 0.372 e. The third kappa shape index (κ3) is 3.75. The van der Waals surface area contributed by atoms with Gasteiger partial charge in [0.25, 0.3) is 0 Å². The number of hydrogen-bond acceptors (Lipinski definition) is 3. The number of hydrogen-bond donors (Lipinski definition) is 1. The molecule has 2 saturated heterocycles. The van der Waals surface area contributed by atoms with E-state index < -0.39 is 0 Å². The second-order valence-electron chi connectivity index (χ2n) is 7.93. The molecule has 0 bridgehead atoms. The van der Waals surface area contributed by atoms with E-state index in [0.717, 1.165) is 30.0 Å². The van der Waals surface area contributed by atoms with Crippen molar-refractivity contribution < 1.29 is 9.59 Å². The average Bonchev–Trinajstić information content (AvgIpc) is 3.33. The lowest BCUT2D eigenvalue weighted by Gasteiger charge is -2.20. The Bertz CT molecular complexity index is 885. The summed E-state index contributed by atoms with van der Waals surface area (Å²) in [5.74, 6) is -0.405. The van der Waals surface area contributed by atoms with Crippen LogP contribution in [0.3, 0.4) is 0 Å². The average molecular weight is 377 g/mol. The van der Waals surface area contributed by atoms with E-state index in [1.54, 1.807) is 4.90 Å². The fourth-order valence-electron chi connectivity index (χ4n) is 4.20.